The highest BCUT2D eigenvalue weighted by atomic mass is 32.2. The predicted molar refractivity (Wildman–Crippen MR) is 73.2 cm³/mol. The topological polar surface area (TPSA) is 69.6 Å². The number of thiophene rings is 1. The van der Waals surface area contributed by atoms with Crippen LogP contribution in [0.2, 0.25) is 0 Å². The summed E-state index contributed by atoms with van der Waals surface area (Å²) in [6.45, 7) is 5.02. The number of rotatable bonds is 7. The zero-order chi connectivity index (χ0) is 13.8. The van der Waals surface area contributed by atoms with Gasteiger partial charge in [0.2, 0.25) is 10.0 Å². The summed E-state index contributed by atoms with van der Waals surface area (Å²) >= 11 is 1.12. The van der Waals surface area contributed by atoms with Crippen LogP contribution < -0.4 is 4.72 Å². The van der Waals surface area contributed by atoms with E-state index in [4.69, 9.17) is 5.11 Å². The molecule has 0 aliphatic heterocycles. The molecule has 0 aliphatic carbocycles. The first-order valence-corrected chi connectivity index (χ1v) is 8.11. The highest BCUT2D eigenvalue weighted by Crippen LogP contribution is 2.19. The lowest BCUT2D eigenvalue weighted by Gasteiger charge is -2.20. The normalized spacial score (nSPS) is 12.6. The number of hydrogen-bond acceptors (Lipinski definition) is 5. The summed E-state index contributed by atoms with van der Waals surface area (Å²) in [7, 11) is -1.49. The lowest BCUT2D eigenvalue weighted by atomic mass is 10.3. The van der Waals surface area contributed by atoms with E-state index in [1.807, 2.05) is 7.05 Å². The lowest BCUT2D eigenvalue weighted by Crippen LogP contribution is -2.35. The first-order valence-electron chi connectivity index (χ1n) is 5.75. The van der Waals surface area contributed by atoms with Crippen molar-refractivity contribution in [2.75, 3.05) is 20.1 Å². The van der Waals surface area contributed by atoms with Crippen molar-refractivity contribution < 1.29 is 13.5 Å². The van der Waals surface area contributed by atoms with E-state index < -0.39 is 10.0 Å². The molecule has 1 aromatic rings. The maximum absolute atomic E-state index is 11.9. The Morgan fingerprint density at radius 1 is 1.50 bits per heavy atom. The molecule has 0 saturated carbocycles. The second kappa shape index (κ2) is 6.63. The molecule has 1 aromatic heterocycles. The van der Waals surface area contributed by atoms with Crippen molar-refractivity contribution in [1.29, 1.82) is 0 Å². The fourth-order valence-electron chi connectivity index (χ4n) is 1.26. The summed E-state index contributed by atoms with van der Waals surface area (Å²) < 4.78 is 26.6. The predicted octanol–water partition coefficient (Wildman–Crippen LogP) is 0.859. The van der Waals surface area contributed by atoms with Crippen LogP contribution >= 0.6 is 11.3 Å². The summed E-state index contributed by atoms with van der Waals surface area (Å²) in [5, 5.41) is 10.6. The van der Waals surface area contributed by atoms with Gasteiger partial charge in [-0.2, -0.15) is 0 Å². The summed E-state index contributed by atoms with van der Waals surface area (Å²) in [5.41, 5.74) is 0.625. The summed E-state index contributed by atoms with van der Waals surface area (Å²) in [5.74, 6) is 0. The Balaban J connectivity index is 2.55. The van der Waals surface area contributed by atoms with Gasteiger partial charge in [-0.05, 0) is 37.9 Å². The molecule has 0 radical (unpaired) electrons. The molecular formula is C11H20N2O3S2. The third-order valence-corrected chi connectivity index (χ3v) is 5.66. The Kier molecular flexibility index (Phi) is 5.74. The van der Waals surface area contributed by atoms with E-state index >= 15 is 0 Å². The Bertz CT molecular complexity index is 468. The third kappa shape index (κ3) is 4.33. The van der Waals surface area contributed by atoms with Crippen LogP contribution in [0.25, 0.3) is 0 Å². The monoisotopic (exact) mass is 292 g/mol. The van der Waals surface area contributed by atoms with Crippen molar-refractivity contribution in [3.8, 4) is 0 Å². The van der Waals surface area contributed by atoms with Gasteiger partial charge >= 0.3 is 0 Å². The molecule has 0 amide bonds. The van der Waals surface area contributed by atoms with Crippen LogP contribution in [0.4, 0.5) is 0 Å². The zero-order valence-corrected chi connectivity index (χ0v) is 12.5. The fraction of sp³-hybridized carbons (Fsp3) is 0.636. The van der Waals surface area contributed by atoms with E-state index in [1.54, 1.807) is 5.38 Å². The van der Waals surface area contributed by atoms with Gasteiger partial charge in [-0.15, -0.1) is 11.3 Å². The number of aliphatic hydroxyl groups excluding tert-OH is 1. The molecule has 2 N–H and O–H groups in total. The van der Waals surface area contributed by atoms with Crippen LogP contribution in [-0.4, -0.2) is 44.6 Å². The maximum Gasteiger partial charge on any atom is 0.250 e. The molecule has 0 spiro atoms. The van der Waals surface area contributed by atoms with Crippen LogP contribution in [0, 0.1) is 0 Å². The Morgan fingerprint density at radius 3 is 2.67 bits per heavy atom. The largest absolute Gasteiger partial charge is 0.392 e. The molecule has 0 aromatic carbocycles. The first kappa shape index (κ1) is 15.6. The van der Waals surface area contributed by atoms with Crippen molar-refractivity contribution in [1.82, 2.24) is 9.62 Å². The van der Waals surface area contributed by atoms with E-state index in [9.17, 15) is 8.42 Å². The molecule has 1 heterocycles. The van der Waals surface area contributed by atoms with Crippen molar-refractivity contribution >= 4 is 21.4 Å². The first-order chi connectivity index (χ1) is 8.36. The van der Waals surface area contributed by atoms with E-state index in [0.717, 1.165) is 11.3 Å². The van der Waals surface area contributed by atoms with Gasteiger partial charge in [0.05, 0.1) is 6.61 Å². The molecule has 1 rings (SSSR count). The molecule has 7 heteroatoms. The molecule has 104 valence electrons. The summed E-state index contributed by atoms with van der Waals surface area (Å²) in [6.07, 6.45) is 0. The highest BCUT2D eigenvalue weighted by molar-refractivity contribution is 7.91. The van der Waals surface area contributed by atoms with E-state index in [2.05, 4.69) is 23.5 Å². The van der Waals surface area contributed by atoms with Crippen LogP contribution in [0.5, 0.6) is 0 Å². The van der Waals surface area contributed by atoms with Crippen LogP contribution in [0.15, 0.2) is 15.7 Å². The van der Waals surface area contributed by atoms with E-state index in [-0.39, 0.29) is 10.8 Å². The quantitative estimate of drug-likeness (QED) is 0.782. The van der Waals surface area contributed by atoms with Gasteiger partial charge in [0.15, 0.2) is 0 Å². The standard InChI is InChI=1S/C11H20N2O3S2/c1-9(2)13(3)5-4-12-18(15,16)11-6-10(7-14)8-17-11/h6,8-9,12,14H,4-5,7H2,1-3H3. The van der Waals surface area contributed by atoms with Gasteiger partial charge in [0.25, 0.3) is 0 Å². The van der Waals surface area contributed by atoms with Crippen LogP contribution in [-0.2, 0) is 16.6 Å². The van der Waals surface area contributed by atoms with Crippen molar-refractivity contribution in [2.45, 2.75) is 30.7 Å². The van der Waals surface area contributed by atoms with Crippen LogP contribution in [0.3, 0.4) is 0 Å². The number of nitrogens with one attached hydrogen (secondary N) is 1. The molecule has 0 atom stereocenters. The number of likely N-dealkylation sites (N-methyl/N-ethyl adjacent to an activating group) is 1. The SMILES string of the molecule is CC(C)N(C)CCNS(=O)(=O)c1cc(CO)cs1. The Morgan fingerprint density at radius 2 is 2.17 bits per heavy atom. The molecular weight excluding hydrogens is 272 g/mol. The van der Waals surface area contributed by atoms with Crippen molar-refractivity contribution in [2.24, 2.45) is 0 Å². The minimum Gasteiger partial charge on any atom is -0.392 e. The summed E-state index contributed by atoms with van der Waals surface area (Å²) in [4.78, 5) is 2.07. The van der Waals surface area contributed by atoms with Crippen LogP contribution in [0.1, 0.15) is 19.4 Å². The number of hydrogen-bond donors (Lipinski definition) is 2. The van der Waals surface area contributed by atoms with Gasteiger partial charge in [0, 0.05) is 19.1 Å². The highest BCUT2D eigenvalue weighted by Gasteiger charge is 2.16. The second-order valence-electron chi connectivity index (χ2n) is 4.40. The maximum atomic E-state index is 11.9. The minimum atomic E-state index is -3.44. The van der Waals surface area contributed by atoms with Gasteiger partial charge in [-0.25, -0.2) is 13.1 Å². The molecule has 0 aliphatic rings. The van der Waals surface area contributed by atoms with E-state index in [1.165, 1.54) is 6.07 Å². The molecule has 0 unspecified atom stereocenters. The fourth-order valence-corrected chi connectivity index (χ4v) is 3.53. The lowest BCUT2D eigenvalue weighted by molar-refractivity contribution is 0.278. The molecule has 5 nitrogen and oxygen atoms in total. The zero-order valence-electron chi connectivity index (χ0n) is 10.9. The van der Waals surface area contributed by atoms with Crippen molar-refractivity contribution in [3.05, 3.63) is 17.0 Å². The van der Waals surface area contributed by atoms with Gasteiger partial charge < -0.3 is 10.0 Å². The third-order valence-electron chi connectivity index (χ3n) is 2.72. The molecule has 0 fully saturated rings. The molecule has 0 saturated heterocycles. The molecule has 0 bridgehead atoms. The number of sulfonamides is 1. The Labute approximate surface area is 112 Å². The number of nitrogens with zero attached hydrogens (tertiary/aromatic N) is 1. The summed E-state index contributed by atoms with van der Waals surface area (Å²) in [6, 6.07) is 1.89. The average Bonchev–Trinajstić information content (AvgIpc) is 2.77. The van der Waals surface area contributed by atoms with Gasteiger partial charge in [-0.3, -0.25) is 0 Å². The van der Waals surface area contributed by atoms with E-state index in [0.29, 0.717) is 24.7 Å². The minimum absolute atomic E-state index is 0.137. The van der Waals surface area contributed by atoms with Crippen molar-refractivity contribution in [3.63, 3.8) is 0 Å². The smallest absolute Gasteiger partial charge is 0.250 e. The van der Waals surface area contributed by atoms with Gasteiger partial charge in [-0.1, -0.05) is 0 Å². The second-order valence-corrected chi connectivity index (χ2v) is 7.31. The number of aliphatic hydroxyl groups is 1. The molecule has 18 heavy (non-hydrogen) atoms. The average molecular weight is 292 g/mol. The van der Waals surface area contributed by atoms with Gasteiger partial charge in [0.1, 0.15) is 4.21 Å². The Hall–Kier alpha value is -0.470.